The number of carboxylic acid groups (broad SMARTS) is 1. The van der Waals surface area contributed by atoms with E-state index in [9.17, 15) is 9.18 Å². The first-order valence-corrected chi connectivity index (χ1v) is 5.30. The molecule has 0 fully saturated rings. The molecule has 0 saturated heterocycles. The summed E-state index contributed by atoms with van der Waals surface area (Å²) in [6.45, 7) is 0.436. The van der Waals surface area contributed by atoms with Crippen LogP contribution in [0.15, 0.2) is 22.7 Å². The summed E-state index contributed by atoms with van der Waals surface area (Å²) in [5.74, 6) is -1.19. The van der Waals surface area contributed by atoms with E-state index in [2.05, 4.69) is 21.2 Å². The Bertz CT molecular complexity index is 337. The fourth-order valence-corrected chi connectivity index (χ4v) is 1.60. The number of aliphatic carboxylic acids is 1. The van der Waals surface area contributed by atoms with Crippen molar-refractivity contribution in [1.29, 1.82) is 0 Å². The summed E-state index contributed by atoms with van der Waals surface area (Å²) in [7, 11) is 0. The summed E-state index contributed by atoms with van der Waals surface area (Å²) >= 11 is 3.21. The van der Waals surface area contributed by atoms with Crippen molar-refractivity contribution in [3.8, 4) is 0 Å². The van der Waals surface area contributed by atoms with E-state index in [0.717, 1.165) is 0 Å². The van der Waals surface area contributed by atoms with Crippen molar-refractivity contribution in [2.24, 2.45) is 0 Å². The lowest BCUT2D eigenvalue weighted by Gasteiger charge is -2.08. The highest BCUT2D eigenvalue weighted by atomic mass is 79.9. The standard InChI is InChI=1S/C10H11BrFNO2/c11-7-3-1-4-8(12)10(7)13-6-2-5-9(14)15/h1,3-4,13H,2,5-6H2,(H,14,15). The van der Waals surface area contributed by atoms with Crippen molar-refractivity contribution >= 4 is 27.6 Å². The number of para-hydroxylation sites is 1. The van der Waals surface area contributed by atoms with E-state index in [1.807, 2.05) is 0 Å². The van der Waals surface area contributed by atoms with E-state index < -0.39 is 5.97 Å². The topological polar surface area (TPSA) is 49.3 Å². The predicted molar refractivity (Wildman–Crippen MR) is 59.5 cm³/mol. The van der Waals surface area contributed by atoms with Crippen LogP contribution < -0.4 is 5.32 Å². The van der Waals surface area contributed by atoms with Gasteiger partial charge in [-0.15, -0.1) is 0 Å². The Labute approximate surface area is 95.4 Å². The molecule has 1 rings (SSSR count). The molecule has 0 unspecified atom stereocenters. The quantitative estimate of drug-likeness (QED) is 0.813. The van der Waals surface area contributed by atoms with Gasteiger partial charge in [-0.25, -0.2) is 4.39 Å². The van der Waals surface area contributed by atoms with Crippen LogP contribution >= 0.6 is 15.9 Å². The van der Waals surface area contributed by atoms with Crippen LogP contribution in [0, 0.1) is 5.82 Å². The lowest BCUT2D eigenvalue weighted by atomic mass is 10.2. The molecular formula is C10H11BrFNO2. The van der Waals surface area contributed by atoms with Gasteiger partial charge in [0.1, 0.15) is 5.82 Å². The number of carboxylic acids is 1. The smallest absolute Gasteiger partial charge is 0.303 e. The molecule has 0 aliphatic heterocycles. The van der Waals surface area contributed by atoms with E-state index >= 15 is 0 Å². The summed E-state index contributed by atoms with van der Waals surface area (Å²) < 4.78 is 13.9. The van der Waals surface area contributed by atoms with Gasteiger partial charge >= 0.3 is 5.97 Å². The second-order valence-corrected chi connectivity index (χ2v) is 3.88. The molecule has 0 heterocycles. The summed E-state index contributed by atoms with van der Waals surface area (Å²) in [6.07, 6.45) is 0.551. The number of hydrogen-bond acceptors (Lipinski definition) is 2. The first-order valence-electron chi connectivity index (χ1n) is 4.51. The van der Waals surface area contributed by atoms with E-state index in [1.165, 1.54) is 6.07 Å². The number of halogens is 2. The molecule has 0 saturated carbocycles. The van der Waals surface area contributed by atoms with Crippen LogP contribution in [0.3, 0.4) is 0 Å². The van der Waals surface area contributed by atoms with Crippen LogP contribution in [0.1, 0.15) is 12.8 Å². The van der Waals surface area contributed by atoms with Crippen LogP contribution in [0.25, 0.3) is 0 Å². The normalized spacial score (nSPS) is 10.0. The van der Waals surface area contributed by atoms with E-state index in [1.54, 1.807) is 12.1 Å². The van der Waals surface area contributed by atoms with Crippen molar-refractivity contribution in [2.75, 3.05) is 11.9 Å². The molecule has 82 valence electrons. The Morgan fingerprint density at radius 1 is 1.53 bits per heavy atom. The number of benzene rings is 1. The van der Waals surface area contributed by atoms with Gasteiger partial charge in [-0.1, -0.05) is 6.07 Å². The molecule has 0 amide bonds. The molecule has 1 aromatic carbocycles. The van der Waals surface area contributed by atoms with Gasteiger partial charge in [-0.05, 0) is 34.5 Å². The molecule has 5 heteroatoms. The Morgan fingerprint density at radius 3 is 2.87 bits per heavy atom. The van der Waals surface area contributed by atoms with Crippen LogP contribution in [-0.2, 0) is 4.79 Å². The zero-order valence-electron chi connectivity index (χ0n) is 7.96. The Kier molecular flexibility index (Phi) is 4.55. The summed E-state index contributed by atoms with van der Waals surface area (Å²) in [4.78, 5) is 10.2. The number of anilines is 1. The van der Waals surface area contributed by atoms with Gasteiger partial charge in [-0.2, -0.15) is 0 Å². The third kappa shape index (κ3) is 3.87. The van der Waals surface area contributed by atoms with Crippen molar-refractivity contribution in [3.63, 3.8) is 0 Å². The third-order valence-electron chi connectivity index (χ3n) is 1.83. The van der Waals surface area contributed by atoms with Crippen molar-refractivity contribution in [1.82, 2.24) is 0 Å². The highest BCUT2D eigenvalue weighted by Gasteiger charge is 2.05. The maximum Gasteiger partial charge on any atom is 0.303 e. The maximum atomic E-state index is 13.2. The minimum absolute atomic E-state index is 0.0824. The zero-order valence-corrected chi connectivity index (χ0v) is 9.55. The maximum absolute atomic E-state index is 13.2. The number of hydrogen-bond donors (Lipinski definition) is 2. The SMILES string of the molecule is O=C(O)CCCNc1c(F)cccc1Br. The van der Waals surface area contributed by atoms with Gasteiger partial charge < -0.3 is 10.4 Å². The molecular weight excluding hydrogens is 265 g/mol. The summed E-state index contributed by atoms with van der Waals surface area (Å²) in [6, 6.07) is 4.68. The fourth-order valence-electron chi connectivity index (χ4n) is 1.12. The fraction of sp³-hybridized carbons (Fsp3) is 0.300. The monoisotopic (exact) mass is 275 g/mol. The van der Waals surface area contributed by atoms with Gasteiger partial charge in [-0.3, -0.25) is 4.79 Å². The molecule has 3 nitrogen and oxygen atoms in total. The molecule has 0 aliphatic carbocycles. The van der Waals surface area contributed by atoms with E-state index in [4.69, 9.17) is 5.11 Å². The van der Waals surface area contributed by atoms with Crippen molar-refractivity contribution in [3.05, 3.63) is 28.5 Å². The lowest BCUT2D eigenvalue weighted by Crippen LogP contribution is -2.06. The van der Waals surface area contributed by atoms with Crippen molar-refractivity contribution in [2.45, 2.75) is 12.8 Å². The Balaban J connectivity index is 2.47. The van der Waals surface area contributed by atoms with Gasteiger partial charge in [0.15, 0.2) is 0 Å². The minimum atomic E-state index is -0.843. The van der Waals surface area contributed by atoms with Crippen LogP contribution in [0.2, 0.25) is 0 Å². The molecule has 0 atom stereocenters. The zero-order chi connectivity index (χ0) is 11.3. The Hall–Kier alpha value is -1.10. The number of carbonyl (C=O) groups is 1. The van der Waals surface area contributed by atoms with Gasteiger partial charge in [0.25, 0.3) is 0 Å². The molecule has 2 N–H and O–H groups in total. The summed E-state index contributed by atoms with van der Waals surface area (Å²) in [5.41, 5.74) is 0.378. The first-order chi connectivity index (χ1) is 7.11. The number of nitrogens with one attached hydrogen (secondary N) is 1. The third-order valence-corrected chi connectivity index (χ3v) is 2.49. The van der Waals surface area contributed by atoms with Crippen LogP contribution in [-0.4, -0.2) is 17.6 Å². The van der Waals surface area contributed by atoms with E-state index in [-0.39, 0.29) is 12.2 Å². The molecule has 0 bridgehead atoms. The molecule has 0 aliphatic rings. The van der Waals surface area contributed by atoms with Crippen molar-refractivity contribution < 1.29 is 14.3 Å². The molecule has 1 aromatic rings. The lowest BCUT2D eigenvalue weighted by molar-refractivity contribution is -0.137. The van der Waals surface area contributed by atoms with E-state index in [0.29, 0.717) is 23.1 Å². The van der Waals surface area contributed by atoms with Crippen LogP contribution in [0.5, 0.6) is 0 Å². The predicted octanol–water partition coefficient (Wildman–Crippen LogP) is 2.86. The molecule has 0 radical (unpaired) electrons. The first kappa shape index (κ1) is 12.0. The number of rotatable bonds is 5. The second kappa shape index (κ2) is 5.70. The molecule has 0 spiro atoms. The molecule has 0 aromatic heterocycles. The summed E-state index contributed by atoms with van der Waals surface area (Å²) in [5, 5.41) is 11.3. The average molecular weight is 276 g/mol. The van der Waals surface area contributed by atoms with Gasteiger partial charge in [0.05, 0.1) is 5.69 Å². The highest BCUT2D eigenvalue weighted by Crippen LogP contribution is 2.24. The van der Waals surface area contributed by atoms with Crippen LogP contribution in [0.4, 0.5) is 10.1 Å². The highest BCUT2D eigenvalue weighted by molar-refractivity contribution is 9.10. The van der Waals surface area contributed by atoms with Gasteiger partial charge in [0, 0.05) is 17.4 Å². The Morgan fingerprint density at radius 2 is 2.27 bits per heavy atom. The minimum Gasteiger partial charge on any atom is -0.481 e. The van der Waals surface area contributed by atoms with Gasteiger partial charge in [0.2, 0.25) is 0 Å². The molecule has 15 heavy (non-hydrogen) atoms. The second-order valence-electron chi connectivity index (χ2n) is 3.02. The average Bonchev–Trinajstić information content (AvgIpc) is 2.15. The largest absolute Gasteiger partial charge is 0.481 e.